The summed E-state index contributed by atoms with van der Waals surface area (Å²) < 4.78 is 29.9. The van der Waals surface area contributed by atoms with Gasteiger partial charge in [-0.05, 0) is 48.9 Å². The van der Waals surface area contributed by atoms with Crippen molar-refractivity contribution in [1.82, 2.24) is 0 Å². The molecule has 7 nitrogen and oxygen atoms in total. The van der Waals surface area contributed by atoms with Crippen LogP contribution in [-0.2, 0) is 9.59 Å². The summed E-state index contributed by atoms with van der Waals surface area (Å²) in [5.74, 6) is -0.00998. The highest BCUT2D eigenvalue weighted by Gasteiger charge is 2.41. The fourth-order valence-corrected chi connectivity index (χ4v) is 3.79. The monoisotopic (exact) mass is 446 g/mol. The lowest BCUT2D eigenvalue weighted by Crippen LogP contribution is -2.32. The Kier molecular flexibility index (Phi) is 5.18. The van der Waals surface area contributed by atoms with Crippen LogP contribution in [0.15, 0.2) is 72.4 Å². The molecule has 1 N–H and O–H groups in total. The van der Waals surface area contributed by atoms with Gasteiger partial charge in [-0.1, -0.05) is 24.3 Å². The molecule has 0 spiro atoms. The van der Waals surface area contributed by atoms with Gasteiger partial charge >= 0.3 is 0 Å². The van der Waals surface area contributed by atoms with Crippen molar-refractivity contribution in [1.29, 1.82) is 0 Å². The number of imide groups is 1. The molecule has 3 aromatic rings. The SMILES string of the molecule is CCOc1ccccc1N1C(=O)C(Nc2ccc3c(c2)OCO3)=C(c2ccc(F)cc2)C1=O. The molecule has 0 bridgehead atoms. The molecule has 2 aliphatic rings. The minimum Gasteiger partial charge on any atom is -0.492 e. The number of nitrogens with zero attached hydrogens (tertiary/aromatic N) is 1. The van der Waals surface area contributed by atoms with Crippen molar-refractivity contribution in [2.75, 3.05) is 23.6 Å². The lowest BCUT2D eigenvalue weighted by atomic mass is 10.0. The normalized spacial score (nSPS) is 14.8. The molecule has 0 aliphatic carbocycles. The highest BCUT2D eigenvalue weighted by molar-refractivity contribution is 6.46. The molecule has 0 saturated heterocycles. The summed E-state index contributed by atoms with van der Waals surface area (Å²) in [4.78, 5) is 28.2. The van der Waals surface area contributed by atoms with E-state index in [1.165, 1.54) is 24.3 Å². The summed E-state index contributed by atoms with van der Waals surface area (Å²) in [5, 5.41) is 3.06. The molecule has 8 heteroatoms. The second kappa shape index (κ2) is 8.31. The van der Waals surface area contributed by atoms with Crippen molar-refractivity contribution in [3.05, 3.63) is 83.8 Å². The first-order valence-corrected chi connectivity index (χ1v) is 10.3. The van der Waals surface area contributed by atoms with Gasteiger partial charge < -0.3 is 19.5 Å². The van der Waals surface area contributed by atoms with Crippen LogP contribution in [0.25, 0.3) is 5.57 Å². The van der Waals surface area contributed by atoms with Crippen LogP contribution in [0.1, 0.15) is 12.5 Å². The van der Waals surface area contributed by atoms with E-state index in [9.17, 15) is 14.0 Å². The van der Waals surface area contributed by atoms with Crippen LogP contribution >= 0.6 is 0 Å². The number of anilines is 2. The van der Waals surface area contributed by atoms with Crippen molar-refractivity contribution in [3.63, 3.8) is 0 Å². The van der Waals surface area contributed by atoms with E-state index in [1.807, 2.05) is 6.92 Å². The van der Waals surface area contributed by atoms with E-state index in [-0.39, 0.29) is 18.1 Å². The number of carbonyl (C=O) groups is 2. The average Bonchev–Trinajstić information content (AvgIpc) is 3.37. The predicted octanol–water partition coefficient (Wildman–Crippen LogP) is 4.35. The predicted molar refractivity (Wildman–Crippen MR) is 120 cm³/mol. The third-order valence-corrected chi connectivity index (χ3v) is 5.26. The van der Waals surface area contributed by atoms with E-state index in [1.54, 1.807) is 42.5 Å². The lowest BCUT2D eigenvalue weighted by molar-refractivity contribution is -0.120. The van der Waals surface area contributed by atoms with Crippen LogP contribution in [0.5, 0.6) is 17.2 Å². The number of ether oxygens (including phenoxy) is 3. The number of halogens is 1. The summed E-state index contributed by atoms with van der Waals surface area (Å²) in [6, 6.07) is 17.4. The highest BCUT2D eigenvalue weighted by atomic mass is 19.1. The Balaban J connectivity index is 1.60. The molecule has 0 saturated carbocycles. The van der Waals surface area contributed by atoms with E-state index < -0.39 is 17.6 Å². The zero-order chi connectivity index (χ0) is 22.9. The van der Waals surface area contributed by atoms with Gasteiger partial charge in [0.05, 0.1) is 17.9 Å². The zero-order valence-electron chi connectivity index (χ0n) is 17.6. The van der Waals surface area contributed by atoms with Crippen LogP contribution < -0.4 is 24.4 Å². The first-order chi connectivity index (χ1) is 16.1. The van der Waals surface area contributed by atoms with Gasteiger partial charge in [0.2, 0.25) is 6.79 Å². The summed E-state index contributed by atoms with van der Waals surface area (Å²) in [6.45, 7) is 2.30. The summed E-state index contributed by atoms with van der Waals surface area (Å²) in [6.07, 6.45) is 0. The fourth-order valence-electron chi connectivity index (χ4n) is 3.79. The molecule has 3 aromatic carbocycles. The first kappa shape index (κ1) is 20.6. The smallest absolute Gasteiger partial charge is 0.282 e. The van der Waals surface area contributed by atoms with E-state index in [4.69, 9.17) is 14.2 Å². The summed E-state index contributed by atoms with van der Waals surface area (Å²) in [7, 11) is 0. The Morgan fingerprint density at radius 3 is 2.52 bits per heavy atom. The minimum atomic E-state index is -0.552. The Bertz CT molecular complexity index is 1290. The number of hydrogen-bond acceptors (Lipinski definition) is 6. The third-order valence-electron chi connectivity index (χ3n) is 5.26. The maximum atomic E-state index is 13.6. The van der Waals surface area contributed by atoms with Gasteiger partial charge in [0.25, 0.3) is 11.8 Å². The van der Waals surface area contributed by atoms with Crippen LogP contribution in [0.4, 0.5) is 15.8 Å². The van der Waals surface area contributed by atoms with Crippen LogP contribution in [0.3, 0.4) is 0 Å². The number of rotatable bonds is 6. The number of fused-ring (bicyclic) bond motifs is 1. The third kappa shape index (κ3) is 3.65. The Labute approximate surface area is 189 Å². The molecule has 0 atom stereocenters. The van der Waals surface area contributed by atoms with E-state index in [0.29, 0.717) is 40.8 Å². The number of hydrogen-bond donors (Lipinski definition) is 1. The molecule has 33 heavy (non-hydrogen) atoms. The Morgan fingerprint density at radius 1 is 0.970 bits per heavy atom. The van der Waals surface area contributed by atoms with Crippen molar-refractivity contribution < 1.29 is 28.2 Å². The van der Waals surface area contributed by atoms with E-state index in [0.717, 1.165) is 4.90 Å². The van der Waals surface area contributed by atoms with Gasteiger partial charge in [-0.25, -0.2) is 9.29 Å². The number of carbonyl (C=O) groups excluding carboxylic acids is 2. The van der Waals surface area contributed by atoms with Gasteiger partial charge in [-0.3, -0.25) is 9.59 Å². The van der Waals surface area contributed by atoms with Crippen LogP contribution in [-0.4, -0.2) is 25.2 Å². The van der Waals surface area contributed by atoms with Crippen LogP contribution in [0, 0.1) is 5.82 Å². The average molecular weight is 446 g/mol. The van der Waals surface area contributed by atoms with Crippen molar-refractivity contribution in [3.8, 4) is 17.2 Å². The number of para-hydroxylation sites is 2. The van der Waals surface area contributed by atoms with Gasteiger partial charge in [0.15, 0.2) is 11.5 Å². The molecule has 0 unspecified atom stereocenters. The van der Waals surface area contributed by atoms with Crippen molar-refractivity contribution in [2.45, 2.75) is 6.92 Å². The summed E-state index contributed by atoms with van der Waals surface area (Å²) in [5.41, 5.74) is 1.47. The molecule has 0 fully saturated rings. The number of nitrogens with one attached hydrogen (secondary N) is 1. The Morgan fingerprint density at radius 2 is 1.73 bits per heavy atom. The van der Waals surface area contributed by atoms with Gasteiger partial charge in [0, 0.05) is 11.8 Å². The second-order valence-corrected chi connectivity index (χ2v) is 7.30. The second-order valence-electron chi connectivity index (χ2n) is 7.30. The van der Waals surface area contributed by atoms with E-state index in [2.05, 4.69) is 5.32 Å². The topological polar surface area (TPSA) is 77.1 Å². The molecule has 2 aliphatic heterocycles. The van der Waals surface area contributed by atoms with Gasteiger partial charge in [-0.2, -0.15) is 0 Å². The highest BCUT2D eigenvalue weighted by Crippen LogP contribution is 2.39. The maximum Gasteiger partial charge on any atom is 0.282 e. The molecule has 166 valence electrons. The zero-order valence-corrected chi connectivity index (χ0v) is 17.6. The quantitative estimate of drug-likeness (QED) is 0.568. The summed E-state index contributed by atoms with van der Waals surface area (Å²) >= 11 is 0. The fraction of sp³-hybridized carbons (Fsp3) is 0.120. The molecular formula is C25H19FN2O5. The molecular weight excluding hydrogens is 427 g/mol. The van der Waals surface area contributed by atoms with Gasteiger partial charge in [0.1, 0.15) is 17.3 Å². The standard InChI is InChI=1S/C25H19FN2O5/c1-2-31-19-6-4-3-5-18(19)28-24(29)22(15-7-9-16(26)10-8-15)23(25(28)30)27-17-11-12-20-21(13-17)33-14-32-20/h3-13,27H,2,14H2,1H3. The minimum absolute atomic E-state index is 0.0665. The molecule has 5 rings (SSSR count). The number of benzene rings is 3. The van der Waals surface area contributed by atoms with Crippen molar-refractivity contribution in [2.24, 2.45) is 0 Å². The lowest BCUT2D eigenvalue weighted by Gasteiger charge is -2.19. The van der Waals surface area contributed by atoms with Crippen LogP contribution in [0.2, 0.25) is 0 Å². The van der Waals surface area contributed by atoms with Crippen molar-refractivity contribution >= 4 is 28.8 Å². The van der Waals surface area contributed by atoms with Gasteiger partial charge in [-0.15, -0.1) is 0 Å². The maximum absolute atomic E-state index is 13.6. The number of amides is 2. The first-order valence-electron chi connectivity index (χ1n) is 10.3. The largest absolute Gasteiger partial charge is 0.492 e. The molecule has 0 aromatic heterocycles. The molecule has 0 radical (unpaired) electrons. The molecule has 2 amide bonds. The Hall–Kier alpha value is -4.33. The van der Waals surface area contributed by atoms with E-state index >= 15 is 0 Å². The molecule has 2 heterocycles.